The van der Waals surface area contributed by atoms with E-state index in [4.69, 9.17) is 12.2 Å². The van der Waals surface area contributed by atoms with Crippen LogP contribution in [0, 0.1) is 16.5 Å². The summed E-state index contributed by atoms with van der Waals surface area (Å²) in [4.78, 5) is 6.15. The second-order valence-corrected chi connectivity index (χ2v) is 5.66. The van der Waals surface area contributed by atoms with Gasteiger partial charge in [0.1, 0.15) is 5.82 Å². The van der Waals surface area contributed by atoms with Gasteiger partial charge in [0.05, 0.1) is 0 Å². The SMILES string of the molecule is Fc1ccc(C2=CCC[C@H]2CCc2c[nH]c(=S)[nH]2)cc1. The maximum absolute atomic E-state index is 13.0. The molecule has 104 valence electrons. The van der Waals surface area contributed by atoms with Gasteiger partial charge < -0.3 is 9.97 Å². The van der Waals surface area contributed by atoms with Crippen molar-refractivity contribution in [3.8, 4) is 0 Å². The molecule has 4 heteroatoms. The Morgan fingerprint density at radius 2 is 2.05 bits per heavy atom. The van der Waals surface area contributed by atoms with E-state index in [0.29, 0.717) is 10.7 Å². The first-order chi connectivity index (χ1) is 9.72. The minimum absolute atomic E-state index is 0.177. The zero-order valence-corrected chi connectivity index (χ0v) is 12.0. The Morgan fingerprint density at radius 1 is 1.25 bits per heavy atom. The lowest BCUT2D eigenvalue weighted by atomic mass is 9.90. The van der Waals surface area contributed by atoms with Gasteiger partial charge in [-0.1, -0.05) is 18.2 Å². The number of hydrogen-bond donors (Lipinski definition) is 2. The molecule has 3 rings (SSSR count). The third-order valence-electron chi connectivity index (χ3n) is 3.91. The number of nitrogens with one attached hydrogen (secondary N) is 2. The Bertz CT molecular complexity index is 666. The second kappa shape index (κ2) is 5.75. The predicted molar refractivity (Wildman–Crippen MR) is 81.4 cm³/mol. The maximum atomic E-state index is 13.0. The first kappa shape index (κ1) is 13.3. The lowest BCUT2D eigenvalue weighted by molar-refractivity contribution is 0.586. The lowest BCUT2D eigenvalue weighted by Gasteiger charge is -2.14. The molecular formula is C16H17FN2S. The van der Waals surface area contributed by atoms with Crippen molar-refractivity contribution < 1.29 is 4.39 Å². The Hall–Kier alpha value is -1.68. The minimum atomic E-state index is -0.177. The van der Waals surface area contributed by atoms with Crippen molar-refractivity contribution in [1.82, 2.24) is 9.97 Å². The molecule has 1 aliphatic carbocycles. The van der Waals surface area contributed by atoms with Gasteiger partial charge >= 0.3 is 0 Å². The number of H-pyrrole nitrogens is 2. The van der Waals surface area contributed by atoms with Crippen LogP contribution in [0.15, 0.2) is 36.5 Å². The van der Waals surface area contributed by atoms with Gasteiger partial charge in [0.15, 0.2) is 4.77 Å². The summed E-state index contributed by atoms with van der Waals surface area (Å²) in [7, 11) is 0. The van der Waals surface area contributed by atoms with Crippen LogP contribution in [0.5, 0.6) is 0 Å². The standard InChI is InChI=1S/C16H17FN2S/c17-13-7-4-12(5-8-13)15-3-1-2-11(15)6-9-14-10-18-16(20)19-14/h3-5,7-8,10-11H,1-2,6,9H2,(H2,18,19,20)/t11-/m0/s1. The molecule has 0 aliphatic heterocycles. The van der Waals surface area contributed by atoms with Gasteiger partial charge in [0.25, 0.3) is 0 Å². The number of aryl methyl sites for hydroxylation is 1. The van der Waals surface area contributed by atoms with E-state index in [1.165, 1.54) is 24.1 Å². The largest absolute Gasteiger partial charge is 0.337 e. The molecule has 0 saturated carbocycles. The molecule has 0 spiro atoms. The number of rotatable bonds is 4. The zero-order chi connectivity index (χ0) is 13.9. The summed E-state index contributed by atoms with van der Waals surface area (Å²) in [5, 5.41) is 0. The van der Waals surface area contributed by atoms with E-state index in [2.05, 4.69) is 16.0 Å². The fourth-order valence-electron chi connectivity index (χ4n) is 2.89. The highest BCUT2D eigenvalue weighted by molar-refractivity contribution is 7.71. The molecule has 0 fully saturated rings. The van der Waals surface area contributed by atoms with Crippen LogP contribution in [0.1, 0.15) is 30.5 Å². The van der Waals surface area contributed by atoms with Gasteiger partial charge in [-0.05, 0) is 67.1 Å². The van der Waals surface area contributed by atoms with Gasteiger partial charge in [0, 0.05) is 11.9 Å². The van der Waals surface area contributed by atoms with Gasteiger partial charge in [-0.3, -0.25) is 0 Å². The average molecular weight is 288 g/mol. The van der Waals surface area contributed by atoms with E-state index in [9.17, 15) is 4.39 Å². The van der Waals surface area contributed by atoms with Gasteiger partial charge in [-0.2, -0.15) is 0 Å². The third kappa shape index (κ3) is 2.90. The molecular weight excluding hydrogens is 271 g/mol. The number of hydrogen-bond acceptors (Lipinski definition) is 1. The van der Waals surface area contributed by atoms with Crippen molar-refractivity contribution in [2.45, 2.75) is 25.7 Å². The van der Waals surface area contributed by atoms with Crippen molar-refractivity contribution >= 4 is 17.8 Å². The highest BCUT2D eigenvalue weighted by Gasteiger charge is 2.20. The number of aromatic amines is 2. The van der Waals surface area contributed by atoms with Crippen LogP contribution >= 0.6 is 12.2 Å². The van der Waals surface area contributed by atoms with Gasteiger partial charge in [-0.25, -0.2) is 4.39 Å². The number of benzene rings is 1. The molecule has 1 atom stereocenters. The minimum Gasteiger partial charge on any atom is -0.337 e. The van der Waals surface area contributed by atoms with Crippen molar-refractivity contribution in [3.05, 3.63) is 58.4 Å². The normalized spacial score (nSPS) is 18.2. The topological polar surface area (TPSA) is 31.6 Å². The van der Waals surface area contributed by atoms with Crippen LogP contribution in [0.25, 0.3) is 5.57 Å². The molecule has 1 aromatic carbocycles. The Morgan fingerprint density at radius 3 is 2.75 bits per heavy atom. The monoisotopic (exact) mass is 288 g/mol. The molecule has 0 unspecified atom stereocenters. The molecule has 0 saturated heterocycles. The molecule has 20 heavy (non-hydrogen) atoms. The van der Waals surface area contributed by atoms with Crippen molar-refractivity contribution in [1.29, 1.82) is 0 Å². The Kier molecular flexibility index (Phi) is 3.83. The predicted octanol–water partition coefficient (Wildman–Crippen LogP) is 4.64. The van der Waals surface area contributed by atoms with E-state index < -0.39 is 0 Å². The molecule has 2 N–H and O–H groups in total. The van der Waals surface area contributed by atoms with E-state index in [-0.39, 0.29) is 5.82 Å². The van der Waals surface area contributed by atoms with Crippen molar-refractivity contribution in [3.63, 3.8) is 0 Å². The third-order valence-corrected chi connectivity index (χ3v) is 4.13. The summed E-state index contributed by atoms with van der Waals surface area (Å²) in [5.41, 5.74) is 3.66. The fourth-order valence-corrected chi connectivity index (χ4v) is 3.08. The van der Waals surface area contributed by atoms with E-state index in [1.807, 2.05) is 18.3 Å². The van der Waals surface area contributed by atoms with E-state index in [1.54, 1.807) is 0 Å². The molecule has 1 aromatic heterocycles. The Labute approximate surface area is 122 Å². The van der Waals surface area contributed by atoms with Crippen LogP contribution in [0.4, 0.5) is 4.39 Å². The quantitative estimate of drug-likeness (QED) is 0.789. The van der Waals surface area contributed by atoms with E-state index >= 15 is 0 Å². The molecule has 0 amide bonds. The van der Waals surface area contributed by atoms with E-state index in [0.717, 1.165) is 30.5 Å². The summed E-state index contributed by atoms with van der Waals surface area (Å²) in [6.45, 7) is 0. The van der Waals surface area contributed by atoms with Gasteiger partial charge in [-0.15, -0.1) is 0 Å². The summed E-state index contributed by atoms with van der Waals surface area (Å²) in [5.74, 6) is 0.376. The molecule has 0 radical (unpaired) electrons. The number of aromatic nitrogens is 2. The number of imidazole rings is 1. The van der Waals surface area contributed by atoms with Crippen molar-refractivity contribution in [2.24, 2.45) is 5.92 Å². The first-order valence-corrected chi connectivity index (χ1v) is 7.36. The number of allylic oxidation sites excluding steroid dienone is 2. The molecule has 1 heterocycles. The van der Waals surface area contributed by atoms with Crippen LogP contribution in [-0.2, 0) is 6.42 Å². The molecule has 1 aliphatic rings. The maximum Gasteiger partial charge on any atom is 0.174 e. The summed E-state index contributed by atoms with van der Waals surface area (Å²) >= 11 is 5.04. The molecule has 2 nitrogen and oxygen atoms in total. The average Bonchev–Trinajstić information content (AvgIpc) is 3.06. The molecule has 0 bridgehead atoms. The highest BCUT2D eigenvalue weighted by atomic mass is 32.1. The van der Waals surface area contributed by atoms with Crippen LogP contribution < -0.4 is 0 Å². The van der Waals surface area contributed by atoms with Crippen LogP contribution in [-0.4, -0.2) is 9.97 Å². The molecule has 2 aromatic rings. The summed E-state index contributed by atoms with van der Waals surface area (Å²) in [6, 6.07) is 6.83. The smallest absolute Gasteiger partial charge is 0.174 e. The first-order valence-electron chi connectivity index (χ1n) is 6.95. The second-order valence-electron chi connectivity index (χ2n) is 5.25. The van der Waals surface area contributed by atoms with Crippen LogP contribution in [0.3, 0.4) is 0 Å². The zero-order valence-electron chi connectivity index (χ0n) is 11.2. The van der Waals surface area contributed by atoms with Crippen molar-refractivity contribution in [2.75, 3.05) is 0 Å². The Balaban J connectivity index is 1.69. The highest BCUT2D eigenvalue weighted by Crippen LogP contribution is 2.36. The number of halogens is 1. The lowest BCUT2D eigenvalue weighted by Crippen LogP contribution is -2.01. The van der Waals surface area contributed by atoms with Crippen LogP contribution in [0.2, 0.25) is 0 Å². The van der Waals surface area contributed by atoms with Gasteiger partial charge in [0.2, 0.25) is 0 Å². The fraction of sp³-hybridized carbons (Fsp3) is 0.312. The summed E-state index contributed by atoms with van der Waals surface area (Å²) in [6.07, 6.45) is 8.59. The summed E-state index contributed by atoms with van der Waals surface area (Å²) < 4.78 is 13.7.